The van der Waals surface area contributed by atoms with Gasteiger partial charge in [0.05, 0.1) is 26.5 Å². The number of likely N-dealkylation sites (tertiary alicyclic amines) is 1. The van der Waals surface area contributed by atoms with E-state index in [1.54, 1.807) is 44.4 Å². The average molecular weight is 849 g/mol. The van der Waals surface area contributed by atoms with Crippen LogP contribution >= 0.6 is 11.3 Å². The lowest BCUT2D eigenvalue weighted by molar-refractivity contribution is -0.146. The van der Waals surface area contributed by atoms with Gasteiger partial charge in [0.15, 0.2) is 16.6 Å². The minimum Gasteiger partial charge on any atom is -0.493 e. The van der Waals surface area contributed by atoms with Crippen molar-refractivity contribution in [2.24, 2.45) is 16.7 Å². The van der Waals surface area contributed by atoms with Crippen molar-refractivity contribution in [3.63, 3.8) is 0 Å². The van der Waals surface area contributed by atoms with Gasteiger partial charge in [-0.25, -0.2) is 19.6 Å². The van der Waals surface area contributed by atoms with Crippen molar-refractivity contribution in [3.05, 3.63) is 36.2 Å². The summed E-state index contributed by atoms with van der Waals surface area (Å²) < 4.78 is 23.7. The lowest BCUT2D eigenvalue weighted by Crippen LogP contribution is -2.59. The third-order valence-corrected chi connectivity index (χ3v) is 11.9. The summed E-state index contributed by atoms with van der Waals surface area (Å²) in [4.78, 5) is 78.2. The standard InChI is InChI=1S/C43H56N6O10S/c1-10-23-19-43(23,38(53)54)48-36(51)29-17-25(21-49(29)37(52)35(42(5,6)7)47-40(55)59-24-13-11-12-14-24)58-31-18-27(44-33-26(31)15-16-30(56-8)34(33)57-9)28-22-60-39(45-28)46-32(50)20-41(2,3)4/h10,15-16,18,22-25,29,35H,1,11-14,17,19-21H2,2-9H3,(H,47,55)(H,48,51)(H,53,54)(H,45,46,50). The number of thiazole rings is 1. The molecule has 0 radical (unpaired) electrons. The topological polar surface area (TPSA) is 208 Å². The lowest BCUT2D eigenvalue weighted by atomic mass is 9.85. The number of carboxylic acids is 1. The Morgan fingerprint density at radius 1 is 1.02 bits per heavy atom. The maximum atomic E-state index is 14.7. The number of nitrogens with zero attached hydrogens (tertiary/aromatic N) is 3. The number of hydrogen-bond acceptors (Lipinski definition) is 12. The van der Waals surface area contributed by atoms with Crippen molar-refractivity contribution in [1.29, 1.82) is 0 Å². The lowest BCUT2D eigenvalue weighted by Gasteiger charge is -2.35. The molecule has 4 amide bonds. The minimum atomic E-state index is -1.55. The fourth-order valence-corrected chi connectivity index (χ4v) is 8.62. The Labute approximate surface area is 353 Å². The maximum absolute atomic E-state index is 14.7. The van der Waals surface area contributed by atoms with Gasteiger partial charge in [0, 0.05) is 35.6 Å². The van der Waals surface area contributed by atoms with Crippen LogP contribution in [0.15, 0.2) is 36.2 Å². The molecule has 5 atom stereocenters. The zero-order valence-corrected chi connectivity index (χ0v) is 36.3. The monoisotopic (exact) mass is 848 g/mol. The molecule has 2 aliphatic carbocycles. The quantitative estimate of drug-likeness (QED) is 0.131. The number of fused-ring (bicyclic) bond motifs is 1. The molecule has 0 bridgehead atoms. The number of alkyl carbamates (subject to hydrolysis) is 1. The molecule has 5 unspecified atom stereocenters. The molecule has 2 saturated carbocycles. The summed E-state index contributed by atoms with van der Waals surface area (Å²) >= 11 is 1.24. The molecule has 3 heterocycles. The van der Waals surface area contributed by atoms with Gasteiger partial charge in [-0.15, -0.1) is 17.9 Å². The second-order valence-electron chi connectivity index (χ2n) is 18.1. The van der Waals surface area contributed by atoms with Gasteiger partial charge in [0.2, 0.25) is 17.7 Å². The Balaban J connectivity index is 1.35. The van der Waals surface area contributed by atoms with Gasteiger partial charge in [-0.1, -0.05) is 47.6 Å². The van der Waals surface area contributed by atoms with Gasteiger partial charge in [-0.3, -0.25) is 14.4 Å². The third-order valence-electron chi connectivity index (χ3n) is 11.1. The van der Waals surface area contributed by atoms with E-state index in [0.717, 1.165) is 25.7 Å². The number of aromatic nitrogens is 2. The smallest absolute Gasteiger partial charge is 0.408 e. The van der Waals surface area contributed by atoms with E-state index in [9.17, 15) is 29.1 Å². The summed E-state index contributed by atoms with van der Waals surface area (Å²) in [7, 11) is 3.00. The number of rotatable bonds is 14. The molecule has 3 aliphatic rings. The zero-order chi connectivity index (χ0) is 43.7. The SMILES string of the molecule is C=CC1CC1(NC(=O)C1CC(Oc2cc(-c3csc(NC(=O)CC(C)(C)C)n3)nc3c(OC)c(OC)ccc23)CN1C(=O)C(NC(=O)OC1CCCC1)C(C)(C)C)C(=O)O. The van der Waals surface area contributed by atoms with Gasteiger partial charge in [0.1, 0.15) is 46.8 Å². The number of methoxy groups -OCH3 is 2. The third kappa shape index (κ3) is 9.61. The highest BCUT2D eigenvalue weighted by atomic mass is 32.1. The van der Waals surface area contributed by atoms with E-state index >= 15 is 0 Å². The van der Waals surface area contributed by atoms with Crippen LogP contribution in [0, 0.1) is 16.7 Å². The van der Waals surface area contributed by atoms with Crippen molar-refractivity contribution in [1.82, 2.24) is 25.5 Å². The van der Waals surface area contributed by atoms with Gasteiger partial charge < -0.3 is 44.9 Å². The molecule has 0 spiro atoms. The molecule has 16 nitrogen and oxygen atoms in total. The van der Waals surface area contributed by atoms with Crippen LogP contribution in [0.5, 0.6) is 17.2 Å². The molecule has 60 heavy (non-hydrogen) atoms. The van der Waals surface area contributed by atoms with Crippen LogP contribution in [0.4, 0.5) is 9.93 Å². The minimum absolute atomic E-state index is 0.0114. The van der Waals surface area contributed by atoms with Crippen molar-refractivity contribution >= 4 is 57.2 Å². The van der Waals surface area contributed by atoms with E-state index in [-0.39, 0.29) is 36.8 Å². The summed E-state index contributed by atoms with van der Waals surface area (Å²) in [5, 5.41) is 21.2. The summed E-state index contributed by atoms with van der Waals surface area (Å²) in [5.41, 5.74) is -1.36. The van der Waals surface area contributed by atoms with E-state index < -0.39 is 58.9 Å². The van der Waals surface area contributed by atoms with Crippen LogP contribution in [-0.2, 0) is 23.9 Å². The van der Waals surface area contributed by atoms with Gasteiger partial charge in [0.25, 0.3) is 0 Å². The normalized spacial score (nSPS) is 22.1. The molecule has 3 aromatic rings. The predicted octanol–water partition coefficient (Wildman–Crippen LogP) is 6.33. The van der Waals surface area contributed by atoms with Crippen molar-refractivity contribution < 1.29 is 48.0 Å². The molecule has 1 aliphatic heterocycles. The first kappa shape index (κ1) is 44.1. The average Bonchev–Trinajstić information content (AvgIpc) is 3.58. The second-order valence-corrected chi connectivity index (χ2v) is 18.9. The van der Waals surface area contributed by atoms with E-state index in [1.807, 2.05) is 20.8 Å². The predicted molar refractivity (Wildman–Crippen MR) is 225 cm³/mol. The maximum Gasteiger partial charge on any atom is 0.408 e. The molecule has 6 rings (SSSR count). The van der Waals surface area contributed by atoms with Crippen LogP contribution in [0.1, 0.15) is 86.5 Å². The summed E-state index contributed by atoms with van der Waals surface area (Å²) in [6.45, 7) is 15.0. The second kappa shape index (κ2) is 17.3. The molecule has 2 aromatic heterocycles. The molecule has 4 N–H and O–H groups in total. The Kier molecular flexibility index (Phi) is 12.7. The van der Waals surface area contributed by atoms with Crippen LogP contribution in [0.25, 0.3) is 22.3 Å². The number of carboxylic acid groups (broad SMARTS) is 1. The van der Waals surface area contributed by atoms with Crippen molar-refractivity contribution in [2.75, 3.05) is 26.1 Å². The molecule has 324 valence electrons. The Hall–Kier alpha value is -5.45. The van der Waals surface area contributed by atoms with Gasteiger partial charge >= 0.3 is 12.1 Å². The van der Waals surface area contributed by atoms with Gasteiger partial charge in [-0.2, -0.15) is 0 Å². The van der Waals surface area contributed by atoms with Crippen LogP contribution < -0.4 is 30.2 Å². The number of amides is 4. The first-order valence-electron chi connectivity index (χ1n) is 20.2. The molecule has 3 fully saturated rings. The van der Waals surface area contributed by atoms with Crippen LogP contribution in [0.2, 0.25) is 0 Å². The van der Waals surface area contributed by atoms with E-state index in [0.29, 0.717) is 51.1 Å². The number of aliphatic carboxylic acids is 1. The number of nitrogens with one attached hydrogen (secondary N) is 3. The number of ether oxygens (including phenoxy) is 4. The summed E-state index contributed by atoms with van der Waals surface area (Å²) in [5.74, 6) is -1.99. The van der Waals surface area contributed by atoms with E-state index in [1.165, 1.54) is 36.5 Å². The highest BCUT2D eigenvalue weighted by Gasteiger charge is 2.61. The van der Waals surface area contributed by atoms with Gasteiger partial charge in [-0.05, 0) is 55.1 Å². The summed E-state index contributed by atoms with van der Waals surface area (Å²) in [6, 6.07) is 2.90. The molecular weight excluding hydrogens is 793 g/mol. The fraction of sp³-hybridized carbons (Fsp3) is 0.558. The Bertz CT molecular complexity index is 2150. The first-order valence-corrected chi connectivity index (χ1v) is 21.1. The number of carbonyl (C=O) groups is 5. The van der Waals surface area contributed by atoms with E-state index in [4.69, 9.17) is 23.9 Å². The largest absolute Gasteiger partial charge is 0.493 e. The number of carbonyl (C=O) groups excluding carboxylic acids is 4. The number of hydrogen-bond donors (Lipinski definition) is 4. The number of anilines is 1. The number of benzene rings is 1. The molecule has 1 saturated heterocycles. The van der Waals surface area contributed by atoms with Crippen LogP contribution in [0.3, 0.4) is 0 Å². The Morgan fingerprint density at radius 2 is 1.73 bits per heavy atom. The Morgan fingerprint density at radius 3 is 2.33 bits per heavy atom. The highest BCUT2D eigenvalue weighted by Crippen LogP contribution is 2.45. The van der Waals surface area contributed by atoms with Crippen molar-refractivity contribution in [2.45, 2.75) is 116 Å². The zero-order valence-electron chi connectivity index (χ0n) is 35.5. The molecular formula is C43H56N6O10S. The molecule has 17 heteroatoms. The number of pyridine rings is 1. The fourth-order valence-electron chi connectivity index (χ4n) is 7.89. The highest BCUT2D eigenvalue weighted by molar-refractivity contribution is 7.14. The summed E-state index contributed by atoms with van der Waals surface area (Å²) in [6.07, 6.45) is 3.57. The van der Waals surface area contributed by atoms with Crippen LogP contribution in [-0.4, -0.2) is 100 Å². The first-order chi connectivity index (χ1) is 28.3. The molecule has 1 aromatic carbocycles. The van der Waals surface area contributed by atoms with E-state index in [2.05, 4.69) is 27.5 Å². The van der Waals surface area contributed by atoms with Crippen molar-refractivity contribution in [3.8, 4) is 28.6 Å².